The van der Waals surface area contributed by atoms with E-state index in [1.807, 2.05) is 31.5 Å². The minimum absolute atomic E-state index is 0.123. The Bertz CT molecular complexity index is 507. The highest BCUT2D eigenvalue weighted by atomic mass is 16.3. The molecular weight excluding hydrogens is 252 g/mol. The molecule has 0 aromatic rings. The van der Waals surface area contributed by atoms with Crippen molar-refractivity contribution in [3.8, 4) is 0 Å². The number of carbonyl (C=O) groups excluding carboxylic acids is 1. The quantitative estimate of drug-likeness (QED) is 0.738. The first kappa shape index (κ1) is 14.7. The van der Waals surface area contributed by atoms with Gasteiger partial charge in [-0.3, -0.25) is 4.79 Å². The Morgan fingerprint density at radius 1 is 1.45 bits per heavy atom. The van der Waals surface area contributed by atoms with Gasteiger partial charge in [0.2, 0.25) is 0 Å². The molecule has 0 amide bonds. The smallest absolute Gasteiger partial charge is 0.161 e. The highest BCUT2D eigenvalue weighted by Crippen LogP contribution is 2.37. The average molecular weight is 274 g/mol. The predicted molar refractivity (Wildman–Crippen MR) is 79.7 cm³/mol. The van der Waals surface area contributed by atoms with Crippen LogP contribution < -0.4 is 5.32 Å². The van der Waals surface area contributed by atoms with E-state index in [1.165, 1.54) is 12.5 Å². The summed E-state index contributed by atoms with van der Waals surface area (Å²) in [5.41, 5.74) is 1.44. The zero-order chi connectivity index (χ0) is 14.8. The lowest BCUT2D eigenvalue weighted by molar-refractivity contribution is -0.138. The van der Waals surface area contributed by atoms with Crippen molar-refractivity contribution in [2.24, 2.45) is 5.92 Å². The molecule has 0 heterocycles. The molecule has 2 aliphatic carbocycles. The molecule has 2 aliphatic rings. The van der Waals surface area contributed by atoms with Crippen LogP contribution in [-0.4, -0.2) is 29.3 Å². The number of Topliss-reactive ketones (excluding diaryl/α,β-unsaturated/α-hetero) is 1. The summed E-state index contributed by atoms with van der Waals surface area (Å²) in [4.78, 5) is 11.5. The zero-order valence-corrected chi connectivity index (χ0v) is 12.1. The van der Waals surface area contributed by atoms with Gasteiger partial charge in [-0.15, -0.1) is 0 Å². The molecule has 1 saturated carbocycles. The molecule has 0 saturated heterocycles. The SMILES string of the molecule is CN/C=C1/C=C(C2CCC(O)(C(C)=O)CC2)C=CC1=N. The summed E-state index contributed by atoms with van der Waals surface area (Å²) in [7, 11) is 1.82. The molecule has 0 aliphatic heterocycles. The third kappa shape index (κ3) is 2.90. The average Bonchev–Trinajstić information content (AvgIpc) is 2.42. The highest BCUT2D eigenvalue weighted by Gasteiger charge is 2.37. The normalized spacial score (nSPS) is 32.1. The number of ketones is 1. The van der Waals surface area contributed by atoms with E-state index < -0.39 is 5.60 Å². The fourth-order valence-electron chi connectivity index (χ4n) is 2.89. The van der Waals surface area contributed by atoms with Crippen LogP contribution in [0.1, 0.15) is 32.6 Å². The first-order valence-corrected chi connectivity index (χ1v) is 7.06. The van der Waals surface area contributed by atoms with Crippen molar-refractivity contribution in [2.45, 2.75) is 38.2 Å². The van der Waals surface area contributed by atoms with E-state index in [2.05, 4.69) is 5.32 Å². The summed E-state index contributed by atoms with van der Waals surface area (Å²) in [5.74, 6) is 0.237. The molecule has 108 valence electrons. The maximum Gasteiger partial charge on any atom is 0.161 e. The predicted octanol–water partition coefficient (Wildman–Crippen LogP) is 2.12. The summed E-state index contributed by atoms with van der Waals surface area (Å²) < 4.78 is 0. The third-order valence-corrected chi connectivity index (χ3v) is 4.31. The van der Waals surface area contributed by atoms with Gasteiger partial charge in [0, 0.05) is 18.8 Å². The molecule has 1 fully saturated rings. The Labute approximate surface area is 119 Å². The minimum Gasteiger partial charge on any atom is -0.393 e. The van der Waals surface area contributed by atoms with Gasteiger partial charge in [-0.25, -0.2) is 0 Å². The first-order chi connectivity index (χ1) is 9.46. The molecular formula is C16H22N2O2. The van der Waals surface area contributed by atoms with Gasteiger partial charge in [-0.05, 0) is 56.3 Å². The summed E-state index contributed by atoms with van der Waals surface area (Å²) in [6, 6.07) is 0. The van der Waals surface area contributed by atoms with Gasteiger partial charge in [0.1, 0.15) is 5.60 Å². The molecule has 4 heteroatoms. The van der Waals surface area contributed by atoms with Crippen LogP contribution in [0.15, 0.2) is 35.6 Å². The van der Waals surface area contributed by atoms with E-state index in [1.54, 1.807) is 0 Å². The number of nitrogens with one attached hydrogen (secondary N) is 2. The maximum atomic E-state index is 11.5. The largest absolute Gasteiger partial charge is 0.393 e. The van der Waals surface area contributed by atoms with Crippen LogP contribution in [0.3, 0.4) is 0 Å². The fraction of sp³-hybridized carbons (Fsp3) is 0.500. The van der Waals surface area contributed by atoms with Gasteiger partial charge >= 0.3 is 0 Å². The van der Waals surface area contributed by atoms with Crippen molar-refractivity contribution >= 4 is 11.5 Å². The first-order valence-electron chi connectivity index (χ1n) is 7.06. The van der Waals surface area contributed by atoms with Crippen molar-refractivity contribution in [1.82, 2.24) is 5.32 Å². The molecule has 20 heavy (non-hydrogen) atoms. The Balaban J connectivity index is 2.09. The lowest BCUT2D eigenvalue weighted by Gasteiger charge is -2.35. The van der Waals surface area contributed by atoms with Crippen molar-refractivity contribution in [3.05, 3.63) is 35.6 Å². The van der Waals surface area contributed by atoms with Crippen molar-refractivity contribution in [1.29, 1.82) is 5.41 Å². The van der Waals surface area contributed by atoms with E-state index in [0.717, 1.165) is 18.4 Å². The molecule has 3 N–H and O–H groups in total. The fourth-order valence-corrected chi connectivity index (χ4v) is 2.89. The highest BCUT2D eigenvalue weighted by molar-refractivity contribution is 6.09. The van der Waals surface area contributed by atoms with Crippen molar-refractivity contribution in [3.63, 3.8) is 0 Å². The van der Waals surface area contributed by atoms with Crippen molar-refractivity contribution in [2.75, 3.05) is 7.05 Å². The Hall–Kier alpha value is -1.68. The van der Waals surface area contributed by atoms with Gasteiger partial charge < -0.3 is 15.8 Å². The van der Waals surface area contributed by atoms with Gasteiger partial charge in [0.15, 0.2) is 5.78 Å². The molecule has 0 radical (unpaired) electrons. The zero-order valence-electron chi connectivity index (χ0n) is 12.1. The molecule has 0 unspecified atom stereocenters. The Morgan fingerprint density at radius 2 is 2.10 bits per heavy atom. The molecule has 4 nitrogen and oxygen atoms in total. The second-order valence-corrected chi connectivity index (χ2v) is 5.64. The molecule has 2 rings (SSSR count). The lowest BCUT2D eigenvalue weighted by atomic mass is 9.73. The van der Waals surface area contributed by atoms with Crippen LogP contribution in [0.2, 0.25) is 0 Å². The van der Waals surface area contributed by atoms with Gasteiger partial charge in [-0.1, -0.05) is 6.08 Å². The Morgan fingerprint density at radius 3 is 2.65 bits per heavy atom. The topological polar surface area (TPSA) is 73.2 Å². The molecule has 0 atom stereocenters. The van der Waals surface area contributed by atoms with Crippen LogP contribution >= 0.6 is 0 Å². The van der Waals surface area contributed by atoms with Crippen LogP contribution in [0.5, 0.6) is 0 Å². The maximum absolute atomic E-state index is 11.5. The van der Waals surface area contributed by atoms with E-state index in [4.69, 9.17) is 5.41 Å². The summed E-state index contributed by atoms with van der Waals surface area (Å²) in [6.07, 6.45) is 10.3. The van der Waals surface area contributed by atoms with E-state index in [0.29, 0.717) is 24.5 Å². The monoisotopic (exact) mass is 274 g/mol. The van der Waals surface area contributed by atoms with Gasteiger partial charge in [0.25, 0.3) is 0 Å². The number of hydrogen-bond donors (Lipinski definition) is 3. The summed E-state index contributed by atoms with van der Waals surface area (Å²) in [5, 5.41) is 21.0. The number of carbonyl (C=O) groups is 1. The summed E-state index contributed by atoms with van der Waals surface area (Å²) in [6.45, 7) is 1.47. The molecule has 0 aromatic carbocycles. The Kier molecular flexibility index (Phi) is 4.23. The second-order valence-electron chi connectivity index (χ2n) is 5.64. The number of rotatable bonds is 3. The van der Waals surface area contributed by atoms with Crippen LogP contribution in [0.25, 0.3) is 0 Å². The molecule has 0 aromatic heterocycles. The minimum atomic E-state index is -1.12. The van der Waals surface area contributed by atoms with Gasteiger partial charge in [-0.2, -0.15) is 0 Å². The number of allylic oxidation sites excluding steroid dienone is 5. The van der Waals surface area contributed by atoms with Crippen LogP contribution in [-0.2, 0) is 4.79 Å². The lowest BCUT2D eigenvalue weighted by Crippen LogP contribution is -2.40. The second kappa shape index (κ2) is 5.75. The standard InChI is InChI=1S/C16H22N2O2/c1-11(19)16(20)7-5-12(6-8-16)13-3-4-15(17)14(9-13)10-18-2/h3-4,9-10,12,17-18,20H,5-8H2,1-2H3/b14-10-,17-15?. The van der Waals surface area contributed by atoms with E-state index in [-0.39, 0.29) is 5.78 Å². The molecule has 0 spiro atoms. The van der Waals surface area contributed by atoms with Crippen molar-refractivity contribution < 1.29 is 9.90 Å². The van der Waals surface area contributed by atoms with E-state index >= 15 is 0 Å². The summed E-state index contributed by atoms with van der Waals surface area (Å²) >= 11 is 0. The third-order valence-electron chi connectivity index (χ3n) is 4.31. The number of hydrogen-bond acceptors (Lipinski definition) is 4. The van der Waals surface area contributed by atoms with Crippen LogP contribution in [0, 0.1) is 11.3 Å². The van der Waals surface area contributed by atoms with Crippen LogP contribution in [0.4, 0.5) is 0 Å². The van der Waals surface area contributed by atoms with Gasteiger partial charge in [0.05, 0.1) is 5.71 Å². The number of aliphatic hydroxyl groups is 1. The van der Waals surface area contributed by atoms with E-state index in [9.17, 15) is 9.90 Å². The molecule has 0 bridgehead atoms.